The van der Waals surface area contributed by atoms with E-state index in [1.165, 1.54) is 28.5 Å². The van der Waals surface area contributed by atoms with Gasteiger partial charge in [-0.3, -0.25) is 0 Å². The Morgan fingerprint density at radius 3 is 3.17 bits per heavy atom. The van der Waals surface area contributed by atoms with E-state index >= 15 is 0 Å². The van der Waals surface area contributed by atoms with Crippen molar-refractivity contribution in [2.24, 2.45) is 0 Å². The highest BCUT2D eigenvalue weighted by Crippen LogP contribution is 2.24. The summed E-state index contributed by atoms with van der Waals surface area (Å²) in [7, 11) is 2.16. The predicted molar refractivity (Wildman–Crippen MR) is 51.5 cm³/mol. The summed E-state index contributed by atoms with van der Waals surface area (Å²) in [6.45, 7) is 4.41. The highest BCUT2D eigenvalue weighted by Gasteiger charge is 2.17. The predicted octanol–water partition coefficient (Wildman–Crippen LogP) is 1.69. The van der Waals surface area contributed by atoms with E-state index in [0.717, 1.165) is 13.0 Å². The van der Waals surface area contributed by atoms with Gasteiger partial charge in [-0.05, 0) is 19.9 Å². The fourth-order valence-corrected chi connectivity index (χ4v) is 2.54. The summed E-state index contributed by atoms with van der Waals surface area (Å²) in [4.78, 5) is 8.45. The van der Waals surface area contributed by atoms with E-state index < -0.39 is 0 Å². The quantitative estimate of drug-likeness (QED) is 0.657. The van der Waals surface area contributed by atoms with Crippen molar-refractivity contribution in [3.8, 4) is 0 Å². The van der Waals surface area contributed by atoms with Gasteiger partial charge in [-0.15, -0.1) is 11.3 Å². The third-order valence-electron chi connectivity index (χ3n) is 2.27. The van der Waals surface area contributed by atoms with Crippen LogP contribution in [0.4, 0.5) is 0 Å². The van der Waals surface area contributed by atoms with Gasteiger partial charge in [-0.2, -0.15) is 0 Å². The van der Waals surface area contributed by atoms with Crippen LogP contribution in [0.3, 0.4) is 0 Å². The molecule has 1 aromatic heterocycles. The monoisotopic (exact) mass is 182 g/mol. The van der Waals surface area contributed by atoms with Crippen LogP contribution in [0.25, 0.3) is 0 Å². The molecule has 1 aliphatic heterocycles. The third-order valence-corrected chi connectivity index (χ3v) is 3.57. The molecule has 0 saturated carbocycles. The van der Waals surface area contributed by atoms with Crippen molar-refractivity contribution in [3.05, 3.63) is 15.6 Å². The summed E-state index contributed by atoms with van der Waals surface area (Å²) < 4.78 is 0. The van der Waals surface area contributed by atoms with Crippen LogP contribution in [-0.2, 0) is 19.4 Å². The van der Waals surface area contributed by atoms with Crippen molar-refractivity contribution in [3.63, 3.8) is 0 Å². The molecule has 0 fully saturated rings. The molecule has 0 N–H and O–H groups in total. The molecule has 0 radical (unpaired) electrons. The maximum atomic E-state index is 4.60. The van der Waals surface area contributed by atoms with Crippen LogP contribution in [0.5, 0.6) is 0 Å². The minimum atomic E-state index is 1.05. The Balaban J connectivity index is 2.28. The largest absolute Gasteiger partial charge is 0.300 e. The van der Waals surface area contributed by atoms with Gasteiger partial charge in [0.05, 0.1) is 10.7 Å². The van der Waals surface area contributed by atoms with Gasteiger partial charge < -0.3 is 4.90 Å². The Labute approximate surface area is 77.2 Å². The molecular weight excluding hydrogens is 168 g/mol. The van der Waals surface area contributed by atoms with Gasteiger partial charge >= 0.3 is 0 Å². The van der Waals surface area contributed by atoms with Crippen LogP contribution in [0, 0.1) is 0 Å². The first-order valence-electron chi connectivity index (χ1n) is 4.45. The molecule has 66 valence electrons. The lowest BCUT2D eigenvalue weighted by Crippen LogP contribution is -2.25. The lowest BCUT2D eigenvalue weighted by atomic mass is 10.2. The Morgan fingerprint density at radius 2 is 2.42 bits per heavy atom. The highest BCUT2D eigenvalue weighted by atomic mass is 32.1. The molecule has 2 heterocycles. The van der Waals surface area contributed by atoms with E-state index in [0.29, 0.717) is 0 Å². The minimum absolute atomic E-state index is 1.05. The lowest BCUT2D eigenvalue weighted by Gasteiger charge is -2.20. The van der Waals surface area contributed by atoms with Crippen molar-refractivity contribution in [1.29, 1.82) is 0 Å². The topological polar surface area (TPSA) is 16.1 Å². The SMILES string of the molecule is CCc1nc2c(s1)CCN(C)C2. The number of rotatable bonds is 1. The average Bonchev–Trinajstić information content (AvgIpc) is 2.46. The van der Waals surface area contributed by atoms with Crippen LogP contribution in [-0.4, -0.2) is 23.5 Å². The number of hydrogen-bond acceptors (Lipinski definition) is 3. The van der Waals surface area contributed by atoms with Gasteiger partial charge in [0.15, 0.2) is 0 Å². The van der Waals surface area contributed by atoms with Crippen molar-refractivity contribution < 1.29 is 0 Å². The Morgan fingerprint density at radius 1 is 1.58 bits per heavy atom. The average molecular weight is 182 g/mol. The number of aromatic nitrogens is 1. The van der Waals surface area contributed by atoms with Crippen molar-refractivity contribution in [2.45, 2.75) is 26.3 Å². The first-order chi connectivity index (χ1) is 5.79. The number of nitrogens with zero attached hydrogens (tertiary/aromatic N) is 2. The molecule has 0 spiro atoms. The zero-order valence-electron chi connectivity index (χ0n) is 7.63. The first-order valence-corrected chi connectivity index (χ1v) is 5.27. The van der Waals surface area contributed by atoms with Crippen LogP contribution < -0.4 is 0 Å². The maximum absolute atomic E-state index is 4.60. The smallest absolute Gasteiger partial charge is 0.0928 e. The van der Waals surface area contributed by atoms with Gasteiger partial charge in [0.2, 0.25) is 0 Å². The van der Waals surface area contributed by atoms with Crippen LogP contribution >= 0.6 is 11.3 Å². The molecule has 0 amide bonds. The molecule has 0 bridgehead atoms. The normalized spacial score (nSPS) is 17.8. The Hall–Kier alpha value is -0.410. The van der Waals surface area contributed by atoms with Crippen molar-refractivity contribution in [2.75, 3.05) is 13.6 Å². The second-order valence-corrected chi connectivity index (χ2v) is 4.49. The van der Waals surface area contributed by atoms with E-state index in [1.54, 1.807) is 0 Å². The number of aryl methyl sites for hydroxylation is 1. The second-order valence-electron chi connectivity index (χ2n) is 3.32. The van der Waals surface area contributed by atoms with Crippen LogP contribution in [0.2, 0.25) is 0 Å². The molecule has 2 rings (SSSR count). The molecule has 3 heteroatoms. The molecule has 12 heavy (non-hydrogen) atoms. The van der Waals surface area contributed by atoms with E-state index in [4.69, 9.17) is 0 Å². The number of hydrogen-bond donors (Lipinski definition) is 0. The van der Waals surface area contributed by atoms with Gasteiger partial charge in [0.1, 0.15) is 0 Å². The first kappa shape index (κ1) is 8.20. The molecule has 0 aliphatic carbocycles. The Kier molecular flexibility index (Phi) is 2.15. The zero-order valence-corrected chi connectivity index (χ0v) is 8.45. The molecule has 1 aliphatic rings. The van der Waals surface area contributed by atoms with Crippen molar-refractivity contribution in [1.82, 2.24) is 9.88 Å². The molecule has 2 nitrogen and oxygen atoms in total. The summed E-state index contributed by atoms with van der Waals surface area (Å²) in [5.41, 5.74) is 1.32. The molecule has 1 aromatic rings. The standard InChI is InChI=1S/C9H14N2S/c1-3-9-10-7-6-11(2)5-4-8(7)12-9/h3-6H2,1-2H3. The minimum Gasteiger partial charge on any atom is -0.300 e. The fourth-order valence-electron chi connectivity index (χ4n) is 1.53. The van der Waals surface area contributed by atoms with E-state index in [1.807, 2.05) is 11.3 Å². The Bertz CT molecular complexity index is 280. The molecule has 0 aromatic carbocycles. The summed E-state index contributed by atoms with van der Waals surface area (Å²) in [6.07, 6.45) is 2.28. The molecule has 0 atom stereocenters. The van der Waals surface area contributed by atoms with Gasteiger partial charge in [-0.25, -0.2) is 4.98 Å². The molecule has 0 saturated heterocycles. The fraction of sp³-hybridized carbons (Fsp3) is 0.667. The van der Waals surface area contributed by atoms with Crippen molar-refractivity contribution >= 4 is 11.3 Å². The lowest BCUT2D eigenvalue weighted by molar-refractivity contribution is 0.310. The van der Waals surface area contributed by atoms with Gasteiger partial charge in [0.25, 0.3) is 0 Å². The highest BCUT2D eigenvalue weighted by molar-refractivity contribution is 7.11. The summed E-state index contributed by atoms with van der Waals surface area (Å²) in [5.74, 6) is 0. The number of likely N-dealkylation sites (N-methyl/N-ethyl adjacent to an activating group) is 1. The van der Waals surface area contributed by atoms with Crippen LogP contribution in [0.1, 0.15) is 22.5 Å². The molecular formula is C9H14N2S. The van der Waals surface area contributed by atoms with E-state index in [-0.39, 0.29) is 0 Å². The summed E-state index contributed by atoms with van der Waals surface area (Å²) in [6, 6.07) is 0. The van der Waals surface area contributed by atoms with Gasteiger partial charge in [0, 0.05) is 18.0 Å². The second kappa shape index (κ2) is 3.15. The number of fused-ring (bicyclic) bond motifs is 1. The third kappa shape index (κ3) is 1.39. The van der Waals surface area contributed by atoms with Crippen LogP contribution in [0.15, 0.2) is 0 Å². The van der Waals surface area contributed by atoms with Gasteiger partial charge in [-0.1, -0.05) is 6.92 Å². The zero-order chi connectivity index (χ0) is 8.55. The van der Waals surface area contributed by atoms with E-state index in [9.17, 15) is 0 Å². The number of thiazole rings is 1. The van der Waals surface area contributed by atoms with E-state index in [2.05, 4.69) is 23.9 Å². The summed E-state index contributed by atoms with van der Waals surface area (Å²) >= 11 is 1.90. The maximum Gasteiger partial charge on any atom is 0.0928 e. The summed E-state index contributed by atoms with van der Waals surface area (Å²) in [5, 5.41) is 1.30. The molecule has 0 unspecified atom stereocenters.